The number of rotatable bonds is 1. The van der Waals surface area contributed by atoms with E-state index in [1.807, 2.05) is 0 Å². The Morgan fingerprint density at radius 3 is 2.81 bits per heavy atom. The Hall–Kier alpha value is -0.620. The average molecular weight is 246 g/mol. The summed E-state index contributed by atoms with van der Waals surface area (Å²) in [7, 11) is -2.90. The number of hydrogen-bond acceptors (Lipinski definition) is 4. The molecular weight excluding hydrogens is 228 g/mol. The summed E-state index contributed by atoms with van der Waals surface area (Å²) in [6.07, 6.45) is 1.98. The van der Waals surface area contributed by atoms with Crippen molar-refractivity contribution in [2.45, 2.75) is 25.3 Å². The van der Waals surface area contributed by atoms with Crippen molar-refractivity contribution in [2.75, 3.05) is 31.1 Å². The van der Waals surface area contributed by atoms with E-state index in [0.29, 0.717) is 19.4 Å². The topological polar surface area (TPSA) is 66.5 Å². The van der Waals surface area contributed by atoms with E-state index in [2.05, 4.69) is 5.32 Å². The van der Waals surface area contributed by atoms with Gasteiger partial charge in [-0.1, -0.05) is 0 Å². The van der Waals surface area contributed by atoms with Crippen molar-refractivity contribution < 1.29 is 13.2 Å². The van der Waals surface area contributed by atoms with Crippen LogP contribution in [0.1, 0.15) is 19.3 Å². The Labute approximate surface area is 96.1 Å². The van der Waals surface area contributed by atoms with Crippen LogP contribution in [0.25, 0.3) is 0 Å². The standard InChI is InChI=1S/C10H18N2O3S/c13-10-2-1-4-11-5-6-12(10)9-3-7-16(14,15)8-9/h9,11H,1-8H2. The molecule has 0 spiro atoms. The summed E-state index contributed by atoms with van der Waals surface area (Å²) >= 11 is 0. The maximum absolute atomic E-state index is 11.9. The molecule has 5 nitrogen and oxygen atoms in total. The van der Waals surface area contributed by atoms with E-state index in [9.17, 15) is 13.2 Å². The molecule has 1 amide bonds. The lowest BCUT2D eigenvalue weighted by Gasteiger charge is -2.30. The molecule has 2 heterocycles. The smallest absolute Gasteiger partial charge is 0.222 e. The summed E-state index contributed by atoms with van der Waals surface area (Å²) < 4.78 is 22.8. The van der Waals surface area contributed by atoms with Crippen molar-refractivity contribution in [1.82, 2.24) is 10.2 Å². The first-order valence-electron chi connectivity index (χ1n) is 5.79. The van der Waals surface area contributed by atoms with Gasteiger partial charge in [0.15, 0.2) is 9.84 Å². The van der Waals surface area contributed by atoms with Gasteiger partial charge in [0, 0.05) is 25.6 Å². The highest BCUT2D eigenvalue weighted by molar-refractivity contribution is 7.91. The second-order valence-corrected chi connectivity index (χ2v) is 6.73. The molecule has 0 radical (unpaired) electrons. The lowest BCUT2D eigenvalue weighted by atomic mass is 10.1. The largest absolute Gasteiger partial charge is 0.337 e. The van der Waals surface area contributed by atoms with Crippen LogP contribution in [-0.4, -0.2) is 56.4 Å². The van der Waals surface area contributed by atoms with Crippen molar-refractivity contribution in [3.05, 3.63) is 0 Å². The van der Waals surface area contributed by atoms with Gasteiger partial charge in [-0.15, -0.1) is 0 Å². The molecule has 16 heavy (non-hydrogen) atoms. The molecule has 0 bridgehead atoms. The molecule has 92 valence electrons. The molecule has 0 saturated carbocycles. The average Bonchev–Trinajstić information content (AvgIpc) is 2.53. The van der Waals surface area contributed by atoms with Crippen molar-refractivity contribution in [1.29, 1.82) is 0 Å². The normalized spacial score (nSPS) is 31.1. The summed E-state index contributed by atoms with van der Waals surface area (Å²) in [6.45, 7) is 2.28. The van der Waals surface area contributed by atoms with Crippen LogP contribution in [-0.2, 0) is 14.6 Å². The third kappa shape index (κ3) is 2.74. The molecule has 0 aliphatic carbocycles. The van der Waals surface area contributed by atoms with Crippen LogP contribution in [0.5, 0.6) is 0 Å². The second-order valence-electron chi connectivity index (χ2n) is 4.50. The highest BCUT2D eigenvalue weighted by Gasteiger charge is 2.34. The fourth-order valence-electron chi connectivity index (χ4n) is 2.36. The summed E-state index contributed by atoms with van der Waals surface area (Å²) in [6, 6.07) is -0.0857. The van der Waals surface area contributed by atoms with E-state index in [4.69, 9.17) is 0 Å². The number of hydrogen-bond donors (Lipinski definition) is 1. The molecule has 1 N–H and O–H groups in total. The summed E-state index contributed by atoms with van der Waals surface area (Å²) in [5.41, 5.74) is 0. The van der Waals surface area contributed by atoms with E-state index in [1.54, 1.807) is 4.90 Å². The Balaban J connectivity index is 2.03. The molecule has 1 atom stereocenters. The molecule has 2 aliphatic rings. The number of carbonyl (C=O) groups is 1. The fourth-order valence-corrected chi connectivity index (χ4v) is 4.10. The lowest BCUT2D eigenvalue weighted by Crippen LogP contribution is -2.46. The van der Waals surface area contributed by atoms with Crippen LogP contribution in [0, 0.1) is 0 Å². The van der Waals surface area contributed by atoms with Crippen molar-refractivity contribution in [3.63, 3.8) is 0 Å². The van der Waals surface area contributed by atoms with Gasteiger partial charge >= 0.3 is 0 Å². The molecule has 6 heteroatoms. The SMILES string of the molecule is O=C1CCCNCCN1C1CCS(=O)(=O)C1. The zero-order chi connectivity index (χ0) is 11.6. The number of sulfone groups is 1. The van der Waals surface area contributed by atoms with E-state index in [-0.39, 0.29) is 23.5 Å². The first-order valence-corrected chi connectivity index (χ1v) is 7.61. The maximum Gasteiger partial charge on any atom is 0.222 e. The first kappa shape index (κ1) is 11.9. The number of carbonyl (C=O) groups excluding carboxylic acids is 1. The van der Waals surface area contributed by atoms with Gasteiger partial charge < -0.3 is 10.2 Å². The molecular formula is C10H18N2O3S. The molecule has 2 aliphatic heterocycles. The van der Waals surface area contributed by atoms with Crippen LogP contribution in [0.3, 0.4) is 0 Å². The van der Waals surface area contributed by atoms with Crippen molar-refractivity contribution >= 4 is 15.7 Å². The number of amides is 1. The molecule has 0 aromatic carbocycles. The van der Waals surface area contributed by atoms with E-state index in [0.717, 1.165) is 19.5 Å². The maximum atomic E-state index is 11.9. The minimum absolute atomic E-state index is 0.0857. The molecule has 2 rings (SSSR count). The van der Waals surface area contributed by atoms with Crippen molar-refractivity contribution in [2.24, 2.45) is 0 Å². The lowest BCUT2D eigenvalue weighted by molar-refractivity contribution is -0.133. The van der Waals surface area contributed by atoms with Gasteiger partial charge in [0.1, 0.15) is 0 Å². The highest BCUT2D eigenvalue weighted by atomic mass is 32.2. The summed E-state index contributed by atoms with van der Waals surface area (Å²) in [5, 5.41) is 3.24. The minimum atomic E-state index is -2.90. The second kappa shape index (κ2) is 4.71. The molecule has 2 saturated heterocycles. The summed E-state index contributed by atoms with van der Waals surface area (Å²) in [5.74, 6) is 0.497. The molecule has 2 fully saturated rings. The molecule has 0 aromatic rings. The fraction of sp³-hybridized carbons (Fsp3) is 0.900. The van der Waals surface area contributed by atoms with Crippen LogP contribution < -0.4 is 5.32 Å². The third-order valence-electron chi connectivity index (χ3n) is 3.24. The Kier molecular flexibility index (Phi) is 3.49. The van der Waals surface area contributed by atoms with Crippen LogP contribution >= 0.6 is 0 Å². The zero-order valence-electron chi connectivity index (χ0n) is 9.31. The highest BCUT2D eigenvalue weighted by Crippen LogP contribution is 2.19. The Bertz CT molecular complexity index is 366. The van der Waals surface area contributed by atoms with Crippen LogP contribution in [0.2, 0.25) is 0 Å². The van der Waals surface area contributed by atoms with Gasteiger partial charge in [-0.3, -0.25) is 4.79 Å². The monoisotopic (exact) mass is 246 g/mol. The zero-order valence-corrected chi connectivity index (χ0v) is 10.1. The van der Waals surface area contributed by atoms with Gasteiger partial charge in [-0.25, -0.2) is 8.42 Å². The Morgan fingerprint density at radius 2 is 2.12 bits per heavy atom. The molecule has 0 aromatic heterocycles. The van der Waals surface area contributed by atoms with E-state index in [1.165, 1.54) is 0 Å². The van der Waals surface area contributed by atoms with Gasteiger partial charge in [0.05, 0.1) is 11.5 Å². The van der Waals surface area contributed by atoms with Gasteiger partial charge in [0.25, 0.3) is 0 Å². The van der Waals surface area contributed by atoms with Gasteiger partial charge in [-0.2, -0.15) is 0 Å². The van der Waals surface area contributed by atoms with E-state index < -0.39 is 9.84 Å². The Morgan fingerprint density at radius 1 is 1.31 bits per heavy atom. The number of nitrogens with zero attached hydrogens (tertiary/aromatic N) is 1. The predicted molar refractivity (Wildman–Crippen MR) is 60.9 cm³/mol. The van der Waals surface area contributed by atoms with Gasteiger partial charge in [-0.05, 0) is 19.4 Å². The number of nitrogens with one attached hydrogen (secondary N) is 1. The first-order chi connectivity index (χ1) is 7.58. The third-order valence-corrected chi connectivity index (χ3v) is 4.99. The molecule has 1 unspecified atom stereocenters. The van der Waals surface area contributed by atoms with Crippen molar-refractivity contribution in [3.8, 4) is 0 Å². The minimum Gasteiger partial charge on any atom is -0.337 e. The quantitative estimate of drug-likeness (QED) is 0.670. The van der Waals surface area contributed by atoms with E-state index >= 15 is 0 Å². The van der Waals surface area contributed by atoms with Crippen LogP contribution in [0.15, 0.2) is 0 Å². The summed E-state index contributed by atoms with van der Waals surface area (Å²) in [4.78, 5) is 13.6. The van der Waals surface area contributed by atoms with Crippen LogP contribution in [0.4, 0.5) is 0 Å². The predicted octanol–water partition coefficient (Wildman–Crippen LogP) is -0.614. The van der Waals surface area contributed by atoms with Gasteiger partial charge in [0.2, 0.25) is 5.91 Å².